The number of hydrogen-bond acceptors (Lipinski definition) is 2. The number of carbonyl (C=O) groups is 1. The summed E-state index contributed by atoms with van der Waals surface area (Å²) in [7, 11) is 0. The standard InChI is InChI=1S/C10H20.C6H10O2/c1-3-5-7-9-10-8-6-4-2;1-3-5-8-6(7)4-2/h3H,1,4-10H2,2H3;3H,1,4-5H2,2H3. The molecule has 2 heteroatoms. The van der Waals surface area contributed by atoms with Gasteiger partial charge in [-0.15, -0.1) is 6.58 Å². The highest BCUT2D eigenvalue weighted by molar-refractivity contribution is 5.68. The molecule has 0 bridgehead atoms. The maximum atomic E-state index is 10.3. The molecule has 0 amide bonds. The molecule has 0 spiro atoms. The average Bonchev–Trinajstić information content (AvgIpc) is 2.40. The van der Waals surface area contributed by atoms with Crippen molar-refractivity contribution in [2.45, 2.75) is 65.2 Å². The molecule has 0 unspecified atom stereocenters. The summed E-state index contributed by atoms with van der Waals surface area (Å²) in [5, 5.41) is 0. The van der Waals surface area contributed by atoms with Crippen LogP contribution in [0.5, 0.6) is 0 Å². The van der Waals surface area contributed by atoms with Gasteiger partial charge >= 0.3 is 5.97 Å². The zero-order valence-electron chi connectivity index (χ0n) is 12.2. The molecule has 0 fully saturated rings. The quantitative estimate of drug-likeness (QED) is 0.310. The number of hydrogen-bond donors (Lipinski definition) is 0. The van der Waals surface area contributed by atoms with Crippen LogP contribution < -0.4 is 0 Å². The molecule has 0 heterocycles. The Morgan fingerprint density at radius 1 is 1.00 bits per heavy atom. The van der Waals surface area contributed by atoms with Crippen molar-refractivity contribution in [1.82, 2.24) is 0 Å². The Hall–Kier alpha value is -1.05. The van der Waals surface area contributed by atoms with Crippen LogP contribution in [0.4, 0.5) is 0 Å². The summed E-state index contributed by atoms with van der Waals surface area (Å²) in [5.74, 6) is -0.176. The molecule has 0 atom stereocenters. The maximum Gasteiger partial charge on any atom is 0.305 e. The third-order valence-electron chi connectivity index (χ3n) is 2.41. The first kappa shape index (κ1) is 19.3. The summed E-state index contributed by atoms with van der Waals surface area (Å²) in [6.45, 7) is 11.4. The van der Waals surface area contributed by atoms with Gasteiger partial charge in [0.2, 0.25) is 0 Å². The van der Waals surface area contributed by atoms with Crippen LogP contribution in [0, 0.1) is 0 Å². The molecule has 106 valence electrons. The van der Waals surface area contributed by atoms with Crippen molar-refractivity contribution < 1.29 is 9.53 Å². The second kappa shape index (κ2) is 18.3. The predicted molar refractivity (Wildman–Crippen MR) is 79.6 cm³/mol. The van der Waals surface area contributed by atoms with Crippen LogP contribution in [0.2, 0.25) is 0 Å². The molecule has 0 N–H and O–H groups in total. The minimum Gasteiger partial charge on any atom is -0.461 e. The van der Waals surface area contributed by atoms with E-state index >= 15 is 0 Å². The van der Waals surface area contributed by atoms with E-state index in [-0.39, 0.29) is 5.97 Å². The number of unbranched alkanes of at least 4 members (excludes halogenated alkanes) is 6. The van der Waals surface area contributed by atoms with E-state index in [1.165, 1.54) is 44.9 Å². The number of ether oxygens (including phenoxy) is 1. The molecule has 0 aromatic rings. The minimum atomic E-state index is -0.176. The molecule has 0 aliphatic carbocycles. The lowest BCUT2D eigenvalue weighted by Gasteiger charge is -1.96. The van der Waals surface area contributed by atoms with Crippen molar-refractivity contribution in [3.05, 3.63) is 25.3 Å². The van der Waals surface area contributed by atoms with Gasteiger partial charge in [-0.3, -0.25) is 4.79 Å². The lowest BCUT2D eigenvalue weighted by Crippen LogP contribution is -2.00. The van der Waals surface area contributed by atoms with Crippen molar-refractivity contribution in [3.8, 4) is 0 Å². The lowest BCUT2D eigenvalue weighted by atomic mass is 10.1. The molecule has 0 aromatic carbocycles. The zero-order chi connectivity index (χ0) is 14.1. The third-order valence-corrected chi connectivity index (χ3v) is 2.41. The topological polar surface area (TPSA) is 26.3 Å². The van der Waals surface area contributed by atoms with Crippen LogP contribution in [0.25, 0.3) is 0 Å². The van der Waals surface area contributed by atoms with Gasteiger partial charge in [0.05, 0.1) is 0 Å². The van der Waals surface area contributed by atoms with Gasteiger partial charge in [0.25, 0.3) is 0 Å². The SMILES string of the molecule is C=CCCCCCCCC.C=CCOC(=O)CC. The molecule has 0 rings (SSSR count). The Bertz CT molecular complexity index is 197. The first-order chi connectivity index (χ1) is 8.72. The maximum absolute atomic E-state index is 10.3. The lowest BCUT2D eigenvalue weighted by molar-refractivity contribution is -0.141. The minimum absolute atomic E-state index is 0.176. The van der Waals surface area contributed by atoms with Gasteiger partial charge in [-0.25, -0.2) is 0 Å². The van der Waals surface area contributed by atoms with E-state index in [9.17, 15) is 4.79 Å². The Morgan fingerprint density at radius 3 is 2.11 bits per heavy atom. The molecule has 0 radical (unpaired) electrons. The molecular formula is C16H30O2. The zero-order valence-corrected chi connectivity index (χ0v) is 12.2. The average molecular weight is 254 g/mol. The first-order valence-corrected chi connectivity index (χ1v) is 7.10. The fourth-order valence-corrected chi connectivity index (χ4v) is 1.32. The molecule has 0 saturated heterocycles. The van der Waals surface area contributed by atoms with Gasteiger partial charge in [0.1, 0.15) is 6.61 Å². The highest BCUT2D eigenvalue weighted by atomic mass is 16.5. The van der Waals surface area contributed by atoms with Gasteiger partial charge in [-0.1, -0.05) is 64.7 Å². The van der Waals surface area contributed by atoms with Crippen LogP contribution in [-0.2, 0) is 9.53 Å². The smallest absolute Gasteiger partial charge is 0.305 e. The van der Waals surface area contributed by atoms with Gasteiger partial charge in [0, 0.05) is 6.42 Å². The Kier molecular flexibility index (Phi) is 19.6. The monoisotopic (exact) mass is 254 g/mol. The summed E-state index contributed by atoms with van der Waals surface area (Å²) < 4.78 is 4.58. The fourth-order valence-electron chi connectivity index (χ4n) is 1.32. The van der Waals surface area contributed by atoms with E-state index < -0.39 is 0 Å². The van der Waals surface area contributed by atoms with Gasteiger partial charge in [-0.05, 0) is 12.8 Å². The Labute approximate surface area is 113 Å². The van der Waals surface area contributed by atoms with E-state index in [0.717, 1.165) is 0 Å². The Morgan fingerprint density at radius 2 is 1.61 bits per heavy atom. The van der Waals surface area contributed by atoms with Crippen molar-refractivity contribution in [2.75, 3.05) is 6.61 Å². The summed E-state index contributed by atoms with van der Waals surface area (Å²) >= 11 is 0. The largest absolute Gasteiger partial charge is 0.461 e. The Balaban J connectivity index is 0. The molecule has 0 aliphatic heterocycles. The first-order valence-electron chi connectivity index (χ1n) is 7.10. The summed E-state index contributed by atoms with van der Waals surface area (Å²) in [6.07, 6.45) is 13.5. The van der Waals surface area contributed by atoms with Crippen molar-refractivity contribution in [3.63, 3.8) is 0 Å². The molecule has 18 heavy (non-hydrogen) atoms. The highest BCUT2D eigenvalue weighted by Crippen LogP contribution is 2.06. The van der Waals surface area contributed by atoms with E-state index in [0.29, 0.717) is 13.0 Å². The summed E-state index contributed by atoms with van der Waals surface area (Å²) in [4.78, 5) is 10.3. The van der Waals surface area contributed by atoms with Crippen molar-refractivity contribution in [2.24, 2.45) is 0 Å². The fraction of sp³-hybridized carbons (Fsp3) is 0.688. The van der Waals surface area contributed by atoms with Crippen LogP contribution in [0.15, 0.2) is 25.3 Å². The van der Waals surface area contributed by atoms with Crippen LogP contribution in [0.1, 0.15) is 65.2 Å². The summed E-state index contributed by atoms with van der Waals surface area (Å²) in [6, 6.07) is 0. The number of allylic oxidation sites excluding steroid dienone is 1. The van der Waals surface area contributed by atoms with Crippen LogP contribution >= 0.6 is 0 Å². The molecule has 0 saturated carbocycles. The van der Waals surface area contributed by atoms with Crippen molar-refractivity contribution >= 4 is 5.97 Å². The van der Waals surface area contributed by atoms with Crippen molar-refractivity contribution in [1.29, 1.82) is 0 Å². The van der Waals surface area contributed by atoms with Gasteiger partial charge < -0.3 is 4.74 Å². The van der Waals surface area contributed by atoms with Crippen LogP contribution in [0.3, 0.4) is 0 Å². The second-order valence-corrected chi connectivity index (χ2v) is 4.17. The molecular weight excluding hydrogens is 224 g/mol. The molecule has 0 aromatic heterocycles. The number of rotatable bonds is 10. The summed E-state index contributed by atoms with van der Waals surface area (Å²) in [5.41, 5.74) is 0. The van der Waals surface area contributed by atoms with Gasteiger partial charge in [0.15, 0.2) is 0 Å². The normalized spacial score (nSPS) is 9.00. The number of esters is 1. The van der Waals surface area contributed by atoms with E-state index in [1.54, 1.807) is 13.0 Å². The van der Waals surface area contributed by atoms with Crippen LogP contribution in [-0.4, -0.2) is 12.6 Å². The predicted octanol–water partition coefficient (Wildman–Crippen LogP) is 5.05. The molecule has 2 nitrogen and oxygen atoms in total. The number of carbonyl (C=O) groups excluding carboxylic acids is 1. The van der Waals surface area contributed by atoms with E-state index in [2.05, 4.69) is 24.8 Å². The third kappa shape index (κ3) is 20.4. The van der Waals surface area contributed by atoms with E-state index in [1.807, 2.05) is 6.08 Å². The van der Waals surface area contributed by atoms with Gasteiger partial charge in [-0.2, -0.15) is 0 Å². The molecule has 0 aliphatic rings. The van der Waals surface area contributed by atoms with E-state index in [4.69, 9.17) is 0 Å². The second-order valence-electron chi connectivity index (χ2n) is 4.17. The highest BCUT2D eigenvalue weighted by Gasteiger charge is 1.92.